The van der Waals surface area contributed by atoms with Crippen LogP contribution in [0.3, 0.4) is 0 Å². The molecule has 1 N–H and O–H groups in total. The van der Waals surface area contributed by atoms with Gasteiger partial charge in [0.15, 0.2) is 0 Å². The Bertz CT molecular complexity index is 1030. The summed E-state index contributed by atoms with van der Waals surface area (Å²) in [5, 5.41) is 3.65. The molecule has 3 aromatic rings. The Morgan fingerprint density at radius 3 is 2.41 bits per heavy atom. The van der Waals surface area contributed by atoms with Gasteiger partial charge in [0.05, 0.1) is 16.8 Å². The number of hydrogen-bond donors (Lipinski definition) is 1. The van der Waals surface area contributed by atoms with Gasteiger partial charge >= 0.3 is 6.03 Å². The van der Waals surface area contributed by atoms with E-state index in [2.05, 4.69) is 10.3 Å². The normalized spacial score (nSPS) is 14.1. The van der Waals surface area contributed by atoms with E-state index in [1.807, 2.05) is 54.3 Å². The van der Waals surface area contributed by atoms with Crippen LogP contribution < -0.4 is 5.32 Å². The highest BCUT2D eigenvalue weighted by molar-refractivity contribution is 6.07. The second kappa shape index (κ2) is 8.26. The highest BCUT2D eigenvalue weighted by Gasteiger charge is 2.26. The lowest BCUT2D eigenvalue weighted by molar-refractivity contribution is 0.0667. The molecule has 3 heterocycles. The fourth-order valence-corrected chi connectivity index (χ4v) is 3.57. The fraction of sp³-hybridized carbons (Fsp3) is 0.273. The smallest absolute Gasteiger partial charge is 0.317 e. The molecule has 4 rings (SSSR count). The molecule has 2 aromatic heterocycles. The Balaban J connectivity index is 1.63. The van der Waals surface area contributed by atoms with Crippen LogP contribution in [0.2, 0.25) is 0 Å². The van der Waals surface area contributed by atoms with E-state index in [4.69, 9.17) is 4.98 Å². The third-order valence-electron chi connectivity index (χ3n) is 5.10. The number of hydrogen-bond acceptors (Lipinski definition) is 4. The minimum absolute atomic E-state index is 0.0329. The quantitative estimate of drug-likeness (QED) is 0.747. The number of nitrogens with zero attached hydrogens (tertiary/aromatic N) is 4. The maximum absolute atomic E-state index is 13.4. The number of aromatic nitrogens is 2. The summed E-state index contributed by atoms with van der Waals surface area (Å²) in [5.41, 5.74) is 3.08. The molecular weight excluding hydrogens is 366 g/mol. The number of carbonyl (C=O) groups is 2. The Kier molecular flexibility index (Phi) is 5.37. The van der Waals surface area contributed by atoms with E-state index in [9.17, 15) is 9.59 Å². The van der Waals surface area contributed by atoms with Gasteiger partial charge < -0.3 is 15.1 Å². The first-order chi connectivity index (χ1) is 14.2. The van der Waals surface area contributed by atoms with E-state index >= 15 is 0 Å². The second-order valence-corrected chi connectivity index (χ2v) is 6.92. The van der Waals surface area contributed by atoms with Gasteiger partial charge in [-0.2, -0.15) is 0 Å². The number of para-hydroxylation sites is 1. The van der Waals surface area contributed by atoms with Crippen molar-refractivity contribution >= 4 is 22.8 Å². The van der Waals surface area contributed by atoms with Crippen molar-refractivity contribution in [3.05, 3.63) is 60.4 Å². The van der Waals surface area contributed by atoms with Gasteiger partial charge in [-0.1, -0.05) is 18.2 Å². The van der Waals surface area contributed by atoms with Crippen LogP contribution in [0.15, 0.2) is 54.9 Å². The number of amides is 3. The van der Waals surface area contributed by atoms with Crippen molar-refractivity contribution in [2.45, 2.75) is 6.92 Å². The first-order valence-electron chi connectivity index (χ1n) is 9.79. The molecule has 3 amide bonds. The minimum Gasteiger partial charge on any atom is -0.338 e. The highest BCUT2D eigenvalue weighted by atomic mass is 16.2. The summed E-state index contributed by atoms with van der Waals surface area (Å²) < 4.78 is 0. The summed E-state index contributed by atoms with van der Waals surface area (Å²) in [7, 11) is 0. The molecule has 0 spiro atoms. The number of fused-ring (bicyclic) bond motifs is 1. The van der Waals surface area contributed by atoms with Gasteiger partial charge in [0.1, 0.15) is 0 Å². The summed E-state index contributed by atoms with van der Waals surface area (Å²) in [5.74, 6) is -0.0329. The van der Waals surface area contributed by atoms with Crippen LogP contribution in [0.25, 0.3) is 22.2 Å². The van der Waals surface area contributed by atoms with Gasteiger partial charge in [0.25, 0.3) is 5.91 Å². The summed E-state index contributed by atoms with van der Waals surface area (Å²) >= 11 is 0. The molecule has 1 saturated heterocycles. The minimum atomic E-state index is -0.0751. The molecule has 148 valence electrons. The number of pyridine rings is 2. The molecule has 0 unspecified atom stereocenters. The van der Waals surface area contributed by atoms with Crippen molar-refractivity contribution in [2.75, 3.05) is 32.7 Å². The van der Waals surface area contributed by atoms with Crippen LogP contribution in [0.1, 0.15) is 17.3 Å². The zero-order chi connectivity index (χ0) is 20.2. The van der Waals surface area contributed by atoms with E-state index in [1.165, 1.54) is 0 Å². The number of carbonyl (C=O) groups excluding carboxylic acids is 2. The molecule has 1 fully saturated rings. The van der Waals surface area contributed by atoms with Gasteiger partial charge in [-0.3, -0.25) is 9.78 Å². The Labute approximate surface area is 169 Å². The first kappa shape index (κ1) is 18.9. The largest absolute Gasteiger partial charge is 0.338 e. The Hall–Kier alpha value is -3.48. The SMILES string of the molecule is CCNC(=O)N1CCN(C(=O)c2cc(-c3ccncc3)nc3ccccc23)CC1. The maximum Gasteiger partial charge on any atom is 0.317 e. The second-order valence-electron chi connectivity index (χ2n) is 6.92. The van der Waals surface area contributed by atoms with Crippen molar-refractivity contribution in [3.63, 3.8) is 0 Å². The number of piperazine rings is 1. The molecule has 0 aliphatic carbocycles. The molecule has 7 nitrogen and oxygen atoms in total. The molecule has 29 heavy (non-hydrogen) atoms. The van der Waals surface area contributed by atoms with Gasteiger partial charge in [0.2, 0.25) is 0 Å². The summed E-state index contributed by atoms with van der Waals surface area (Å²) in [6.07, 6.45) is 3.43. The van der Waals surface area contributed by atoms with Crippen molar-refractivity contribution in [1.82, 2.24) is 25.1 Å². The Morgan fingerprint density at radius 2 is 1.69 bits per heavy atom. The van der Waals surface area contributed by atoms with Gasteiger partial charge in [-0.05, 0) is 31.2 Å². The molecule has 1 aliphatic heterocycles. The van der Waals surface area contributed by atoms with Crippen LogP contribution in [0.4, 0.5) is 4.79 Å². The lowest BCUT2D eigenvalue weighted by atomic mass is 10.0. The average Bonchev–Trinajstić information content (AvgIpc) is 2.78. The van der Waals surface area contributed by atoms with Gasteiger partial charge in [0, 0.05) is 56.1 Å². The van der Waals surface area contributed by atoms with E-state index < -0.39 is 0 Å². The van der Waals surface area contributed by atoms with Crippen molar-refractivity contribution in [2.24, 2.45) is 0 Å². The average molecular weight is 389 g/mol. The summed E-state index contributed by atoms with van der Waals surface area (Å²) in [6, 6.07) is 13.2. The highest BCUT2D eigenvalue weighted by Crippen LogP contribution is 2.26. The van der Waals surface area contributed by atoms with Gasteiger partial charge in [-0.25, -0.2) is 9.78 Å². The molecular formula is C22H23N5O2. The Morgan fingerprint density at radius 1 is 1.00 bits per heavy atom. The lowest BCUT2D eigenvalue weighted by Crippen LogP contribution is -2.53. The summed E-state index contributed by atoms with van der Waals surface area (Å²) in [6.45, 7) is 4.56. The van der Waals surface area contributed by atoms with E-state index in [0.29, 0.717) is 38.3 Å². The van der Waals surface area contributed by atoms with Crippen molar-refractivity contribution in [1.29, 1.82) is 0 Å². The van der Waals surface area contributed by atoms with E-state index in [1.54, 1.807) is 17.3 Å². The topological polar surface area (TPSA) is 78.4 Å². The molecule has 7 heteroatoms. The number of nitrogens with one attached hydrogen (secondary N) is 1. The third kappa shape index (κ3) is 3.89. The van der Waals surface area contributed by atoms with E-state index in [-0.39, 0.29) is 11.9 Å². The molecule has 1 aromatic carbocycles. The standard InChI is InChI=1S/C22H23N5O2/c1-2-24-22(29)27-13-11-26(12-14-27)21(28)18-15-20(16-7-9-23-10-8-16)25-19-6-4-3-5-17(18)19/h3-10,15H,2,11-14H2,1H3,(H,24,29). The predicted molar refractivity (Wildman–Crippen MR) is 112 cm³/mol. The lowest BCUT2D eigenvalue weighted by Gasteiger charge is -2.34. The van der Waals surface area contributed by atoms with E-state index in [0.717, 1.165) is 22.2 Å². The fourth-order valence-electron chi connectivity index (χ4n) is 3.57. The first-order valence-corrected chi connectivity index (χ1v) is 9.79. The zero-order valence-electron chi connectivity index (χ0n) is 16.3. The molecule has 0 saturated carbocycles. The number of benzene rings is 1. The summed E-state index contributed by atoms with van der Waals surface area (Å²) in [4.78, 5) is 37.7. The van der Waals surface area contributed by atoms with Crippen LogP contribution >= 0.6 is 0 Å². The van der Waals surface area contributed by atoms with Gasteiger partial charge in [-0.15, -0.1) is 0 Å². The van der Waals surface area contributed by atoms with Crippen LogP contribution in [-0.4, -0.2) is 64.4 Å². The van der Waals surface area contributed by atoms with Crippen molar-refractivity contribution < 1.29 is 9.59 Å². The van der Waals surface area contributed by atoms with Crippen LogP contribution in [0.5, 0.6) is 0 Å². The zero-order valence-corrected chi connectivity index (χ0v) is 16.3. The van der Waals surface area contributed by atoms with Crippen LogP contribution in [-0.2, 0) is 0 Å². The molecule has 0 bridgehead atoms. The molecule has 1 aliphatic rings. The molecule has 0 atom stereocenters. The third-order valence-corrected chi connectivity index (χ3v) is 5.10. The maximum atomic E-state index is 13.4. The van der Waals surface area contributed by atoms with Crippen molar-refractivity contribution in [3.8, 4) is 11.3 Å². The van der Waals surface area contributed by atoms with Crippen LogP contribution in [0, 0.1) is 0 Å². The monoisotopic (exact) mass is 389 g/mol. The number of urea groups is 1. The predicted octanol–water partition coefficient (Wildman–Crippen LogP) is 2.78. The molecule has 0 radical (unpaired) electrons. The number of rotatable bonds is 3.